The summed E-state index contributed by atoms with van der Waals surface area (Å²) in [6, 6.07) is 7.99. The molecule has 24 heavy (non-hydrogen) atoms. The molecular formula is C18H23N3O3. The van der Waals surface area contributed by atoms with E-state index in [2.05, 4.69) is 9.88 Å². The number of H-pyrrole nitrogens is 1. The molecule has 6 nitrogen and oxygen atoms in total. The molecule has 128 valence electrons. The van der Waals surface area contributed by atoms with E-state index < -0.39 is 5.97 Å². The number of carbonyl (C=O) groups excluding carboxylic acids is 1. The molecule has 0 bridgehead atoms. The average molecular weight is 329 g/mol. The van der Waals surface area contributed by atoms with E-state index >= 15 is 0 Å². The normalized spacial score (nSPS) is 17.2. The van der Waals surface area contributed by atoms with Gasteiger partial charge in [0.1, 0.15) is 5.69 Å². The van der Waals surface area contributed by atoms with Crippen molar-refractivity contribution in [3.8, 4) is 0 Å². The SMILES string of the molecule is Cc1ccc2cc(C(=O)N3CCN(C(C)CC(=O)O)CC3)[nH]c2c1. The van der Waals surface area contributed by atoms with Crippen molar-refractivity contribution in [1.29, 1.82) is 0 Å². The predicted octanol–water partition coefficient (Wildman–Crippen LogP) is 2.10. The van der Waals surface area contributed by atoms with Crippen LogP contribution in [0.1, 0.15) is 29.4 Å². The number of nitrogens with one attached hydrogen (secondary N) is 1. The van der Waals surface area contributed by atoms with Crippen LogP contribution in [-0.4, -0.2) is 64.0 Å². The second-order valence-electron chi connectivity index (χ2n) is 6.55. The zero-order chi connectivity index (χ0) is 17.3. The van der Waals surface area contributed by atoms with E-state index in [1.807, 2.05) is 43.0 Å². The van der Waals surface area contributed by atoms with Crippen LogP contribution in [0.15, 0.2) is 24.3 Å². The Labute approximate surface area is 141 Å². The summed E-state index contributed by atoms with van der Waals surface area (Å²) >= 11 is 0. The minimum Gasteiger partial charge on any atom is -0.481 e. The molecule has 3 rings (SSSR count). The molecule has 1 aromatic carbocycles. The van der Waals surface area contributed by atoms with Crippen LogP contribution in [0.25, 0.3) is 10.9 Å². The van der Waals surface area contributed by atoms with Crippen LogP contribution in [0.5, 0.6) is 0 Å². The summed E-state index contributed by atoms with van der Waals surface area (Å²) in [6.07, 6.45) is 0.134. The summed E-state index contributed by atoms with van der Waals surface area (Å²) in [4.78, 5) is 30.7. The quantitative estimate of drug-likeness (QED) is 0.900. The highest BCUT2D eigenvalue weighted by atomic mass is 16.4. The van der Waals surface area contributed by atoms with Crippen LogP contribution in [-0.2, 0) is 4.79 Å². The van der Waals surface area contributed by atoms with Crippen molar-refractivity contribution < 1.29 is 14.7 Å². The number of aliphatic carboxylic acids is 1. The van der Waals surface area contributed by atoms with Gasteiger partial charge in [0.2, 0.25) is 0 Å². The lowest BCUT2D eigenvalue weighted by atomic mass is 10.1. The molecule has 1 aliphatic heterocycles. The second kappa shape index (κ2) is 6.65. The van der Waals surface area contributed by atoms with E-state index in [0.717, 1.165) is 16.5 Å². The van der Waals surface area contributed by atoms with Gasteiger partial charge in [-0.3, -0.25) is 14.5 Å². The number of rotatable bonds is 4. The van der Waals surface area contributed by atoms with Crippen LogP contribution < -0.4 is 0 Å². The fraction of sp³-hybridized carbons (Fsp3) is 0.444. The fourth-order valence-electron chi connectivity index (χ4n) is 3.27. The van der Waals surface area contributed by atoms with Gasteiger partial charge in [-0.05, 0) is 31.5 Å². The molecule has 2 heterocycles. The number of carboxylic acids is 1. The van der Waals surface area contributed by atoms with Crippen LogP contribution in [0, 0.1) is 6.92 Å². The van der Waals surface area contributed by atoms with Gasteiger partial charge in [-0.15, -0.1) is 0 Å². The number of aryl methyl sites for hydroxylation is 1. The number of hydrogen-bond donors (Lipinski definition) is 2. The smallest absolute Gasteiger partial charge is 0.304 e. The molecule has 1 aromatic heterocycles. The second-order valence-corrected chi connectivity index (χ2v) is 6.55. The maximum Gasteiger partial charge on any atom is 0.304 e. The Morgan fingerprint density at radius 1 is 1.21 bits per heavy atom. The number of aromatic amines is 1. The Balaban J connectivity index is 1.65. The maximum atomic E-state index is 12.7. The highest BCUT2D eigenvalue weighted by Gasteiger charge is 2.26. The number of nitrogens with zero attached hydrogens (tertiary/aromatic N) is 2. The topological polar surface area (TPSA) is 76.6 Å². The van der Waals surface area contributed by atoms with E-state index in [0.29, 0.717) is 31.9 Å². The summed E-state index contributed by atoms with van der Waals surface area (Å²) in [5.41, 5.74) is 2.75. The number of aromatic nitrogens is 1. The number of piperazine rings is 1. The van der Waals surface area contributed by atoms with E-state index in [1.54, 1.807) is 0 Å². The third-order valence-electron chi connectivity index (χ3n) is 4.70. The molecule has 1 fully saturated rings. The zero-order valence-corrected chi connectivity index (χ0v) is 14.1. The highest BCUT2D eigenvalue weighted by Crippen LogP contribution is 2.19. The molecule has 1 saturated heterocycles. The molecular weight excluding hydrogens is 306 g/mol. The molecule has 1 atom stereocenters. The largest absolute Gasteiger partial charge is 0.481 e. The van der Waals surface area contributed by atoms with Gasteiger partial charge in [-0.1, -0.05) is 12.1 Å². The van der Waals surface area contributed by atoms with E-state index in [4.69, 9.17) is 5.11 Å². The van der Waals surface area contributed by atoms with Gasteiger partial charge in [0.05, 0.1) is 6.42 Å². The van der Waals surface area contributed by atoms with Gasteiger partial charge in [-0.25, -0.2) is 0 Å². The lowest BCUT2D eigenvalue weighted by molar-refractivity contribution is -0.138. The van der Waals surface area contributed by atoms with Crippen molar-refractivity contribution in [2.24, 2.45) is 0 Å². The fourth-order valence-corrected chi connectivity index (χ4v) is 3.27. The monoisotopic (exact) mass is 329 g/mol. The molecule has 1 aliphatic rings. The van der Waals surface area contributed by atoms with E-state index in [-0.39, 0.29) is 18.4 Å². The third-order valence-corrected chi connectivity index (χ3v) is 4.70. The maximum absolute atomic E-state index is 12.7. The van der Waals surface area contributed by atoms with Gasteiger partial charge < -0.3 is 15.0 Å². The summed E-state index contributed by atoms with van der Waals surface area (Å²) in [7, 11) is 0. The molecule has 0 radical (unpaired) electrons. The molecule has 0 aliphatic carbocycles. The van der Waals surface area contributed by atoms with Crippen molar-refractivity contribution in [2.45, 2.75) is 26.3 Å². The van der Waals surface area contributed by atoms with E-state index in [9.17, 15) is 9.59 Å². The lowest BCUT2D eigenvalue weighted by Gasteiger charge is -2.37. The van der Waals surface area contributed by atoms with Gasteiger partial charge in [0.15, 0.2) is 0 Å². The minimum absolute atomic E-state index is 0.00389. The minimum atomic E-state index is -0.783. The van der Waals surface area contributed by atoms with Crippen molar-refractivity contribution in [1.82, 2.24) is 14.8 Å². The van der Waals surface area contributed by atoms with Crippen LogP contribution in [0.3, 0.4) is 0 Å². The van der Waals surface area contributed by atoms with Crippen molar-refractivity contribution in [3.63, 3.8) is 0 Å². The van der Waals surface area contributed by atoms with Crippen LogP contribution >= 0.6 is 0 Å². The Hall–Kier alpha value is -2.34. The first-order valence-corrected chi connectivity index (χ1v) is 8.28. The summed E-state index contributed by atoms with van der Waals surface area (Å²) in [6.45, 7) is 6.61. The highest BCUT2D eigenvalue weighted by molar-refractivity contribution is 5.98. The van der Waals surface area contributed by atoms with Gasteiger partial charge in [0, 0.05) is 43.1 Å². The Kier molecular flexibility index (Phi) is 4.57. The standard InChI is InChI=1S/C18H23N3O3/c1-12-3-4-14-11-16(19-15(14)9-12)18(24)21-7-5-20(6-8-21)13(2)10-17(22)23/h3-4,9,11,13,19H,5-8,10H2,1-2H3,(H,22,23). The number of amides is 1. The van der Waals surface area contributed by atoms with Gasteiger partial charge >= 0.3 is 5.97 Å². The molecule has 1 unspecified atom stereocenters. The Bertz CT molecular complexity index is 760. The predicted molar refractivity (Wildman–Crippen MR) is 92.2 cm³/mol. The van der Waals surface area contributed by atoms with Crippen LogP contribution in [0.2, 0.25) is 0 Å². The lowest BCUT2D eigenvalue weighted by Crippen LogP contribution is -2.51. The number of hydrogen-bond acceptors (Lipinski definition) is 3. The zero-order valence-electron chi connectivity index (χ0n) is 14.1. The molecule has 1 amide bonds. The number of benzene rings is 1. The molecule has 2 N–H and O–H groups in total. The molecule has 2 aromatic rings. The Morgan fingerprint density at radius 3 is 2.58 bits per heavy atom. The van der Waals surface area contributed by atoms with E-state index in [1.165, 1.54) is 0 Å². The van der Waals surface area contributed by atoms with Gasteiger partial charge in [0.25, 0.3) is 5.91 Å². The van der Waals surface area contributed by atoms with Crippen LogP contribution in [0.4, 0.5) is 0 Å². The summed E-state index contributed by atoms with van der Waals surface area (Å²) < 4.78 is 0. The average Bonchev–Trinajstić information content (AvgIpc) is 2.96. The van der Waals surface area contributed by atoms with Gasteiger partial charge in [-0.2, -0.15) is 0 Å². The first-order valence-electron chi connectivity index (χ1n) is 8.28. The van der Waals surface area contributed by atoms with Crippen molar-refractivity contribution in [2.75, 3.05) is 26.2 Å². The number of carbonyl (C=O) groups is 2. The molecule has 0 saturated carbocycles. The van der Waals surface area contributed by atoms with Crippen molar-refractivity contribution >= 4 is 22.8 Å². The third kappa shape index (κ3) is 3.43. The molecule has 0 spiro atoms. The first kappa shape index (κ1) is 16.5. The first-order chi connectivity index (χ1) is 11.4. The summed E-state index contributed by atoms with van der Waals surface area (Å²) in [5, 5.41) is 9.94. The summed E-state index contributed by atoms with van der Waals surface area (Å²) in [5.74, 6) is -0.774. The molecule has 6 heteroatoms. The number of fused-ring (bicyclic) bond motifs is 1. The van der Waals surface area contributed by atoms with Crippen molar-refractivity contribution in [3.05, 3.63) is 35.5 Å². The number of carboxylic acid groups (broad SMARTS) is 1. The Morgan fingerprint density at radius 2 is 1.92 bits per heavy atom.